The van der Waals surface area contributed by atoms with E-state index in [2.05, 4.69) is 0 Å². The molecule has 0 aromatic heterocycles. The van der Waals surface area contributed by atoms with Gasteiger partial charge in [-0.25, -0.2) is 0 Å². The molecule has 0 heterocycles. The van der Waals surface area contributed by atoms with Gasteiger partial charge in [-0.2, -0.15) is 5.26 Å². The summed E-state index contributed by atoms with van der Waals surface area (Å²) in [6.07, 6.45) is 0. The van der Waals surface area contributed by atoms with Gasteiger partial charge in [0.05, 0.1) is 26.6 Å². The van der Waals surface area contributed by atoms with Gasteiger partial charge in [0, 0.05) is 21.9 Å². The maximum Gasteiger partial charge on any atom is 0.272 e. The van der Waals surface area contributed by atoms with Crippen LogP contribution >= 0.6 is 35.0 Å². The fraction of sp³-hybridized carbons (Fsp3) is 0. The van der Waals surface area contributed by atoms with E-state index in [0.717, 1.165) is 4.90 Å². The minimum atomic E-state index is -0.548. The lowest BCUT2D eigenvalue weighted by Crippen LogP contribution is -1.89. The molecule has 100 valence electrons. The topological polar surface area (TPSA) is 66.9 Å². The number of nitrogens with zero attached hydrogens (tertiary/aromatic N) is 2. The van der Waals surface area contributed by atoms with Crippen LogP contribution < -0.4 is 0 Å². The van der Waals surface area contributed by atoms with Crippen molar-refractivity contribution in [2.45, 2.75) is 9.79 Å². The van der Waals surface area contributed by atoms with E-state index in [9.17, 15) is 10.1 Å². The Morgan fingerprint density at radius 1 is 1.15 bits per heavy atom. The standard InChI is InChI=1S/C13H6Cl2N2O2S/c14-11-5-9(17(18)19)6-12(15)13(11)20-10-3-1-8(7-16)2-4-10/h1-6H. The fourth-order valence-corrected chi connectivity index (χ4v) is 2.99. The number of non-ortho nitro benzene ring substituents is 1. The van der Waals surface area contributed by atoms with Crippen LogP contribution in [0.1, 0.15) is 5.56 Å². The summed E-state index contributed by atoms with van der Waals surface area (Å²) >= 11 is 13.3. The maximum absolute atomic E-state index is 10.7. The largest absolute Gasteiger partial charge is 0.272 e. The van der Waals surface area contributed by atoms with E-state index < -0.39 is 4.92 Å². The SMILES string of the molecule is N#Cc1ccc(Sc2c(Cl)cc([N+](=O)[O-])cc2Cl)cc1. The van der Waals surface area contributed by atoms with E-state index in [1.165, 1.54) is 23.9 Å². The summed E-state index contributed by atoms with van der Waals surface area (Å²) in [6.45, 7) is 0. The zero-order valence-electron chi connectivity index (χ0n) is 9.84. The number of halogens is 2. The zero-order valence-corrected chi connectivity index (χ0v) is 12.2. The Morgan fingerprint density at radius 3 is 2.15 bits per heavy atom. The smallest absolute Gasteiger partial charge is 0.258 e. The summed E-state index contributed by atoms with van der Waals surface area (Å²) in [6, 6.07) is 11.4. The van der Waals surface area contributed by atoms with E-state index in [0.29, 0.717) is 10.5 Å². The van der Waals surface area contributed by atoms with Gasteiger partial charge in [-0.15, -0.1) is 0 Å². The summed E-state index contributed by atoms with van der Waals surface area (Å²) in [5, 5.41) is 19.9. The molecule has 0 fully saturated rings. The van der Waals surface area contributed by atoms with Crippen molar-refractivity contribution in [3.63, 3.8) is 0 Å². The van der Waals surface area contributed by atoms with Gasteiger partial charge in [-0.3, -0.25) is 10.1 Å². The van der Waals surface area contributed by atoms with E-state index in [-0.39, 0.29) is 15.7 Å². The van der Waals surface area contributed by atoms with Gasteiger partial charge in [0.25, 0.3) is 5.69 Å². The van der Waals surface area contributed by atoms with E-state index in [4.69, 9.17) is 28.5 Å². The molecule has 2 rings (SSSR count). The third-order valence-electron chi connectivity index (χ3n) is 2.40. The normalized spacial score (nSPS) is 10.1. The van der Waals surface area contributed by atoms with Gasteiger partial charge >= 0.3 is 0 Å². The molecule has 0 spiro atoms. The number of hydrogen-bond donors (Lipinski definition) is 0. The number of benzene rings is 2. The van der Waals surface area contributed by atoms with Crippen molar-refractivity contribution >= 4 is 40.7 Å². The summed E-state index contributed by atoms with van der Waals surface area (Å²) in [4.78, 5) is 11.5. The molecule has 2 aromatic carbocycles. The van der Waals surface area contributed by atoms with E-state index >= 15 is 0 Å². The lowest BCUT2D eigenvalue weighted by Gasteiger charge is -2.06. The number of nitro groups is 1. The second-order valence-corrected chi connectivity index (χ2v) is 5.63. The van der Waals surface area contributed by atoms with Crippen molar-refractivity contribution in [1.82, 2.24) is 0 Å². The molecule has 0 saturated carbocycles. The Balaban J connectivity index is 2.33. The van der Waals surface area contributed by atoms with Crippen LogP contribution in [0.5, 0.6) is 0 Å². The molecule has 0 atom stereocenters. The third kappa shape index (κ3) is 3.23. The average molecular weight is 325 g/mol. The van der Waals surface area contributed by atoms with Crippen LogP contribution in [0.15, 0.2) is 46.2 Å². The van der Waals surface area contributed by atoms with Crippen molar-refractivity contribution in [3.05, 3.63) is 62.1 Å². The second-order valence-electron chi connectivity index (χ2n) is 3.73. The Morgan fingerprint density at radius 2 is 1.70 bits per heavy atom. The summed E-state index contributed by atoms with van der Waals surface area (Å²) in [5.74, 6) is 0. The second kappa shape index (κ2) is 6.14. The first-order valence-corrected chi connectivity index (χ1v) is 6.90. The van der Waals surface area contributed by atoms with Gasteiger partial charge in [-0.05, 0) is 24.3 Å². The highest BCUT2D eigenvalue weighted by Crippen LogP contribution is 2.40. The van der Waals surface area contributed by atoms with Crippen LogP contribution in [0.2, 0.25) is 10.0 Å². The highest BCUT2D eigenvalue weighted by molar-refractivity contribution is 7.99. The van der Waals surface area contributed by atoms with Gasteiger partial charge in [0.2, 0.25) is 0 Å². The minimum absolute atomic E-state index is 0.149. The Bertz CT molecular complexity index is 688. The molecule has 0 N–H and O–H groups in total. The molecule has 0 bridgehead atoms. The van der Waals surface area contributed by atoms with E-state index in [1.807, 2.05) is 6.07 Å². The monoisotopic (exact) mass is 324 g/mol. The van der Waals surface area contributed by atoms with Gasteiger partial charge in [-0.1, -0.05) is 35.0 Å². The van der Waals surface area contributed by atoms with Gasteiger partial charge < -0.3 is 0 Å². The molecule has 0 aliphatic heterocycles. The van der Waals surface area contributed by atoms with Gasteiger partial charge in [0.15, 0.2) is 0 Å². The van der Waals surface area contributed by atoms with Crippen LogP contribution in [-0.4, -0.2) is 4.92 Å². The van der Waals surface area contributed by atoms with Crippen LogP contribution in [0.25, 0.3) is 0 Å². The van der Waals surface area contributed by atoms with Crippen molar-refractivity contribution in [3.8, 4) is 6.07 Å². The van der Waals surface area contributed by atoms with Crippen LogP contribution in [0, 0.1) is 21.4 Å². The first kappa shape index (κ1) is 14.7. The minimum Gasteiger partial charge on any atom is -0.258 e. The highest BCUT2D eigenvalue weighted by Gasteiger charge is 2.15. The summed E-state index contributed by atoms with van der Waals surface area (Å²) in [5.41, 5.74) is 0.402. The number of rotatable bonds is 3. The molecular weight excluding hydrogens is 319 g/mol. The summed E-state index contributed by atoms with van der Waals surface area (Å²) in [7, 11) is 0. The zero-order chi connectivity index (χ0) is 14.7. The lowest BCUT2D eigenvalue weighted by molar-refractivity contribution is -0.384. The molecule has 0 aliphatic carbocycles. The molecule has 0 amide bonds. The highest BCUT2D eigenvalue weighted by atomic mass is 35.5. The molecule has 4 nitrogen and oxygen atoms in total. The Labute approximate surface area is 129 Å². The molecular formula is C13H6Cl2N2O2S. The van der Waals surface area contributed by atoms with Gasteiger partial charge in [0.1, 0.15) is 0 Å². The summed E-state index contributed by atoms with van der Waals surface area (Å²) < 4.78 is 0. The fourth-order valence-electron chi connectivity index (χ4n) is 1.46. The molecule has 0 radical (unpaired) electrons. The van der Waals surface area contributed by atoms with Crippen molar-refractivity contribution in [2.75, 3.05) is 0 Å². The molecule has 0 aliphatic rings. The predicted octanol–water partition coefficient (Wildman–Crippen LogP) is 4.92. The third-order valence-corrected chi connectivity index (χ3v) is 4.37. The van der Waals surface area contributed by atoms with E-state index in [1.54, 1.807) is 24.3 Å². The Hall–Kier alpha value is -1.74. The first-order valence-electron chi connectivity index (χ1n) is 5.32. The number of nitro benzene ring substituents is 1. The maximum atomic E-state index is 10.7. The van der Waals surface area contributed by atoms with Crippen molar-refractivity contribution in [1.29, 1.82) is 5.26 Å². The predicted molar refractivity (Wildman–Crippen MR) is 78.4 cm³/mol. The lowest BCUT2D eigenvalue weighted by atomic mass is 10.2. The van der Waals surface area contributed by atoms with Crippen molar-refractivity contribution < 1.29 is 4.92 Å². The number of hydrogen-bond acceptors (Lipinski definition) is 4. The average Bonchev–Trinajstić information content (AvgIpc) is 2.43. The molecule has 0 unspecified atom stereocenters. The quantitative estimate of drug-likeness (QED) is 0.593. The first-order chi connectivity index (χ1) is 9.51. The molecule has 0 saturated heterocycles. The van der Waals surface area contributed by atoms with Crippen LogP contribution in [-0.2, 0) is 0 Å². The van der Waals surface area contributed by atoms with Crippen LogP contribution in [0.4, 0.5) is 5.69 Å². The molecule has 2 aromatic rings. The molecule has 7 heteroatoms. The Kier molecular flexibility index (Phi) is 4.50. The van der Waals surface area contributed by atoms with Crippen molar-refractivity contribution in [2.24, 2.45) is 0 Å². The van der Waals surface area contributed by atoms with Crippen LogP contribution in [0.3, 0.4) is 0 Å². The molecule has 20 heavy (non-hydrogen) atoms. The number of nitriles is 1.